The van der Waals surface area contributed by atoms with Crippen molar-refractivity contribution in [3.63, 3.8) is 0 Å². The zero-order valence-corrected chi connectivity index (χ0v) is 31.0. The number of nitrogens with one attached hydrogen (secondary N) is 1. The Morgan fingerprint density at radius 2 is 1.51 bits per heavy atom. The van der Waals surface area contributed by atoms with Gasteiger partial charge in [-0.15, -0.1) is 35.8 Å². The van der Waals surface area contributed by atoms with Crippen molar-refractivity contribution in [1.82, 2.24) is 10.2 Å². The van der Waals surface area contributed by atoms with E-state index >= 15 is 0 Å². The first-order valence-corrected chi connectivity index (χ1v) is 19.2. The number of alkyl halides is 1. The first kappa shape index (κ1) is 42.7. The maximum Gasteiger partial charge on any atom is 0.306 e. The van der Waals surface area contributed by atoms with Gasteiger partial charge >= 0.3 is 5.97 Å². The topological polar surface area (TPSA) is 108 Å². The van der Waals surface area contributed by atoms with Crippen LogP contribution < -0.4 is 5.32 Å². The van der Waals surface area contributed by atoms with Gasteiger partial charge in [-0.3, -0.25) is 14.5 Å². The number of amides is 1. The van der Waals surface area contributed by atoms with Gasteiger partial charge in [0.2, 0.25) is 5.91 Å². The van der Waals surface area contributed by atoms with Gasteiger partial charge in [-0.05, 0) is 45.4 Å². The maximum atomic E-state index is 13.3. The van der Waals surface area contributed by atoms with E-state index in [-0.39, 0.29) is 30.8 Å². The SMILES string of the molecule is CCCCCCCCCCCCCCCC(=O)O[C@@H]1[C@@H](O)[C@@H](O)C([C@H](NC(=O)[C@@H]2C[C@@H](CCC)CN2C)[C@H](C)Cl)O[C@@H]1SC.Cl. The van der Waals surface area contributed by atoms with Crippen LogP contribution in [-0.4, -0.2) is 94.2 Å². The fraction of sp³-hybridized carbons (Fsp3) is 0.941. The minimum absolute atomic E-state index is 0. The molecule has 9 atom stereocenters. The molecule has 1 amide bonds. The third-order valence-corrected chi connectivity index (χ3v) is 10.5. The Bertz CT molecular complexity index is 811. The van der Waals surface area contributed by atoms with Crippen LogP contribution >= 0.6 is 35.8 Å². The minimum Gasteiger partial charge on any atom is -0.456 e. The lowest BCUT2D eigenvalue weighted by Gasteiger charge is -2.45. The summed E-state index contributed by atoms with van der Waals surface area (Å²) in [5.74, 6) is -0.0742. The predicted molar refractivity (Wildman–Crippen MR) is 188 cm³/mol. The summed E-state index contributed by atoms with van der Waals surface area (Å²) in [4.78, 5) is 28.0. The molecule has 2 saturated heterocycles. The molecule has 3 N–H and O–H groups in total. The number of likely N-dealkylation sites (tertiary alicyclic amines) is 1. The third kappa shape index (κ3) is 14.8. The highest BCUT2D eigenvalue weighted by atomic mass is 35.5. The molecule has 2 heterocycles. The molecule has 1 unspecified atom stereocenters. The van der Waals surface area contributed by atoms with Crippen molar-refractivity contribution in [2.24, 2.45) is 5.92 Å². The molecule has 2 aliphatic heterocycles. The molecular formula is C34H64Cl2N2O6S. The molecule has 266 valence electrons. The second-order valence-electron chi connectivity index (χ2n) is 13.2. The summed E-state index contributed by atoms with van der Waals surface area (Å²) in [5, 5.41) is 24.6. The van der Waals surface area contributed by atoms with Gasteiger partial charge in [0.15, 0.2) is 6.10 Å². The van der Waals surface area contributed by atoms with E-state index in [2.05, 4.69) is 24.1 Å². The van der Waals surface area contributed by atoms with Crippen LogP contribution in [0.3, 0.4) is 0 Å². The quantitative estimate of drug-likeness (QED) is 0.0641. The lowest BCUT2D eigenvalue weighted by atomic mass is 9.92. The van der Waals surface area contributed by atoms with Crippen LogP contribution in [0.5, 0.6) is 0 Å². The van der Waals surface area contributed by atoms with E-state index in [4.69, 9.17) is 21.1 Å². The van der Waals surface area contributed by atoms with Crippen LogP contribution in [0.1, 0.15) is 130 Å². The van der Waals surface area contributed by atoms with Crippen molar-refractivity contribution in [3.8, 4) is 0 Å². The van der Waals surface area contributed by atoms with Crippen molar-refractivity contribution >= 4 is 47.6 Å². The van der Waals surface area contributed by atoms with Gasteiger partial charge in [0.1, 0.15) is 23.7 Å². The molecule has 2 aliphatic rings. The highest BCUT2D eigenvalue weighted by molar-refractivity contribution is 7.99. The number of unbranched alkanes of at least 4 members (excludes halogenated alkanes) is 12. The molecular weight excluding hydrogens is 635 g/mol. The fourth-order valence-corrected chi connectivity index (χ4v) is 7.65. The molecule has 2 rings (SSSR count). The molecule has 0 aromatic rings. The maximum absolute atomic E-state index is 13.3. The van der Waals surface area contributed by atoms with Gasteiger partial charge in [0.05, 0.1) is 17.5 Å². The van der Waals surface area contributed by atoms with Gasteiger partial charge in [0, 0.05) is 13.0 Å². The number of likely N-dealkylation sites (N-methyl/N-ethyl adjacent to an activating group) is 1. The Hall–Kier alpha value is -0.290. The van der Waals surface area contributed by atoms with E-state index in [1.807, 2.05) is 7.05 Å². The summed E-state index contributed by atoms with van der Waals surface area (Å²) in [6.45, 7) is 7.01. The Morgan fingerprint density at radius 1 is 0.956 bits per heavy atom. The minimum atomic E-state index is -1.38. The number of ether oxygens (including phenoxy) is 2. The zero-order valence-electron chi connectivity index (χ0n) is 28.6. The van der Waals surface area contributed by atoms with Gasteiger partial charge < -0.3 is 25.0 Å². The first-order valence-electron chi connectivity index (χ1n) is 17.5. The number of esters is 1. The Labute approximate surface area is 289 Å². The fourth-order valence-electron chi connectivity index (χ4n) is 6.72. The number of carbonyl (C=O) groups excluding carboxylic acids is 2. The van der Waals surface area contributed by atoms with E-state index in [1.54, 1.807) is 13.2 Å². The number of aliphatic hydroxyl groups is 2. The number of carbonyl (C=O) groups is 2. The molecule has 0 aliphatic carbocycles. The number of hydrogen-bond donors (Lipinski definition) is 3. The second-order valence-corrected chi connectivity index (χ2v) is 14.8. The van der Waals surface area contributed by atoms with Crippen LogP contribution in [-0.2, 0) is 19.1 Å². The van der Waals surface area contributed by atoms with E-state index in [0.717, 1.165) is 45.1 Å². The standard InChI is InChI=1S/C34H63ClN2O6S.ClH/c1-6-8-9-10-11-12-13-14-15-16-17-18-19-21-27(38)42-32-30(40)29(39)31(43-34(32)44-5)28(24(3)35)36-33(41)26-22-25(20-7-2)23-37(26)4;/h24-26,28-32,34,39-40H,6-23H2,1-5H3,(H,36,41);1H/t24-,25+,26-,28+,29+,30-,31?,32+,34+;/m0./s1. The largest absolute Gasteiger partial charge is 0.456 e. The average molecular weight is 700 g/mol. The van der Waals surface area contributed by atoms with Gasteiger partial charge in [-0.1, -0.05) is 97.3 Å². The Balaban J connectivity index is 0.0000101. The molecule has 0 aromatic carbocycles. The average Bonchev–Trinajstić information content (AvgIpc) is 3.36. The number of halogens is 2. The van der Waals surface area contributed by atoms with Gasteiger partial charge in [-0.2, -0.15) is 0 Å². The molecule has 0 radical (unpaired) electrons. The monoisotopic (exact) mass is 698 g/mol. The number of hydrogen-bond acceptors (Lipinski definition) is 8. The lowest BCUT2D eigenvalue weighted by Crippen LogP contribution is -2.65. The van der Waals surface area contributed by atoms with Gasteiger partial charge in [0.25, 0.3) is 0 Å². The Kier molecular flexibility index (Phi) is 22.7. The Morgan fingerprint density at radius 3 is 2.02 bits per heavy atom. The molecule has 11 heteroatoms. The highest BCUT2D eigenvalue weighted by Gasteiger charge is 2.50. The summed E-state index contributed by atoms with van der Waals surface area (Å²) < 4.78 is 11.9. The molecule has 0 spiro atoms. The highest BCUT2D eigenvalue weighted by Crippen LogP contribution is 2.33. The van der Waals surface area contributed by atoms with E-state index < -0.39 is 47.2 Å². The number of aliphatic hydroxyl groups excluding tert-OH is 2. The number of rotatable bonds is 22. The summed E-state index contributed by atoms with van der Waals surface area (Å²) in [7, 11) is 1.95. The molecule has 2 fully saturated rings. The van der Waals surface area contributed by atoms with Crippen LogP contribution in [0.15, 0.2) is 0 Å². The third-order valence-electron chi connectivity index (χ3n) is 9.36. The van der Waals surface area contributed by atoms with Crippen LogP contribution in [0.25, 0.3) is 0 Å². The van der Waals surface area contributed by atoms with Crippen LogP contribution in [0.2, 0.25) is 0 Å². The van der Waals surface area contributed by atoms with E-state index in [0.29, 0.717) is 5.92 Å². The van der Waals surface area contributed by atoms with Crippen molar-refractivity contribution in [2.45, 2.75) is 177 Å². The summed E-state index contributed by atoms with van der Waals surface area (Å²) in [6.07, 6.45) is 16.3. The van der Waals surface area contributed by atoms with E-state index in [9.17, 15) is 19.8 Å². The van der Waals surface area contributed by atoms with Crippen molar-refractivity contribution in [1.29, 1.82) is 0 Å². The second kappa shape index (κ2) is 23.9. The van der Waals surface area contributed by atoms with Crippen molar-refractivity contribution < 1.29 is 29.3 Å². The molecule has 8 nitrogen and oxygen atoms in total. The molecule has 0 aromatic heterocycles. The van der Waals surface area contributed by atoms with Crippen molar-refractivity contribution in [2.75, 3.05) is 19.8 Å². The van der Waals surface area contributed by atoms with Crippen LogP contribution in [0.4, 0.5) is 0 Å². The normalized spacial score (nSPS) is 28.3. The molecule has 0 bridgehead atoms. The summed E-state index contributed by atoms with van der Waals surface area (Å²) in [6, 6.07) is -1.00. The lowest BCUT2D eigenvalue weighted by molar-refractivity contribution is -0.218. The molecule has 0 saturated carbocycles. The van der Waals surface area contributed by atoms with E-state index in [1.165, 1.54) is 76.0 Å². The number of thioether (sulfide) groups is 1. The van der Waals surface area contributed by atoms with Crippen LogP contribution in [0, 0.1) is 5.92 Å². The smallest absolute Gasteiger partial charge is 0.306 e. The zero-order chi connectivity index (χ0) is 32.5. The summed E-state index contributed by atoms with van der Waals surface area (Å²) in [5.41, 5.74) is -0.702. The summed E-state index contributed by atoms with van der Waals surface area (Å²) >= 11 is 7.82. The predicted octanol–water partition coefficient (Wildman–Crippen LogP) is 6.84. The first-order chi connectivity index (χ1) is 21.1. The molecule has 45 heavy (non-hydrogen) atoms. The number of nitrogens with zero attached hydrogens (tertiary/aromatic N) is 1. The van der Waals surface area contributed by atoms with Gasteiger partial charge in [-0.25, -0.2) is 0 Å². The van der Waals surface area contributed by atoms with Crippen molar-refractivity contribution in [3.05, 3.63) is 0 Å².